The number of hydrogen-bond acceptors (Lipinski definition) is 4. The predicted octanol–water partition coefficient (Wildman–Crippen LogP) is 1.99. The monoisotopic (exact) mass is 358 g/mol. The number of ether oxygens (including phenoxy) is 2. The first-order valence-electron chi connectivity index (χ1n) is 7.93. The number of carbonyl (C=O) groups is 2. The van der Waals surface area contributed by atoms with E-state index in [1.807, 2.05) is 0 Å². The van der Waals surface area contributed by atoms with E-state index in [0.717, 1.165) is 18.6 Å². The highest BCUT2D eigenvalue weighted by molar-refractivity contribution is 6.01. The van der Waals surface area contributed by atoms with Crippen LogP contribution in [0.15, 0.2) is 24.3 Å². The first kappa shape index (κ1) is 17.5. The summed E-state index contributed by atoms with van der Waals surface area (Å²) in [7, 11) is 0. The van der Waals surface area contributed by atoms with Crippen LogP contribution in [0.1, 0.15) is 19.3 Å². The van der Waals surface area contributed by atoms with Crippen LogP contribution in [0.25, 0.3) is 0 Å². The Balaban J connectivity index is 1.65. The third kappa shape index (κ3) is 4.22. The number of carbonyl (C=O) groups excluding carboxylic acids is 2. The van der Waals surface area contributed by atoms with Gasteiger partial charge in [-0.2, -0.15) is 0 Å². The lowest BCUT2D eigenvalue weighted by atomic mass is 10.2. The molecule has 6 nitrogen and oxygen atoms in total. The van der Waals surface area contributed by atoms with Gasteiger partial charge in [-0.05, 0) is 31.4 Å². The highest BCUT2D eigenvalue weighted by Gasteiger charge is 2.36. The average molecular weight is 358 g/mol. The van der Waals surface area contributed by atoms with E-state index in [4.69, 9.17) is 4.74 Å². The fourth-order valence-electron chi connectivity index (χ4n) is 2.97. The van der Waals surface area contributed by atoms with Gasteiger partial charge in [0.1, 0.15) is 17.9 Å². The Bertz CT molecular complexity index is 659. The smallest absolute Gasteiger partial charge is 0.406 e. The van der Waals surface area contributed by atoms with Gasteiger partial charge in [0.05, 0.1) is 0 Å². The van der Waals surface area contributed by atoms with Crippen molar-refractivity contribution in [3.05, 3.63) is 24.3 Å². The van der Waals surface area contributed by atoms with E-state index >= 15 is 0 Å². The van der Waals surface area contributed by atoms with Crippen molar-refractivity contribution < 1.29 is 32.2 Å². The van der Waals surface area contributed by atoms with Crippen LogP contribution in [-0.2, 0) is 14.3 Å². The number of hydrogen-bond donors (Lipinski definition) is 1. The van der Waals surface area contributed by atoms with Crippen molar-refractivity contribution in [2.45, 2.75) is 37.8 Å². The Hall–Kier alpha value is -2.29. The van der Waals surface area contributed by atoms with Crippen LogP contribution >= 0.6 is 0 Å². The van der Waals surface area contributed by atoms with Crippen LogP contribution < -0.4 is 15.0 Å². The predicted molar refractivity (Wildman–Crippen MR) is 81.0 cm³/mol. The van der Waals surface area contributed by atoms with Crippen molar-refractivity contribution in [3.8, 4) is 5.75 Å². The third-order valence-corrected chi connectivity index (χ3v) is 4.11. The molecule has 0 bridgehead atoms. The average Bonchev–Trinajstić information content (AvgIpc) is 3.17. The molecular formula is C16H17F3N2O4. The summed E-state index contributed by atoms with van der Waals surface area (Å²) in [6.45, 7) is 0.819. The molecule has 0 aliphatic carbocycles. The summed E-state index contributed by atoms with van der Waals surface area (Å²) in [4.78, 5) is 25.8. The van der Waals surface area contributed by atoms with Gasteiger partial charge < -0.3 is 19.7 Å². The number of halogens is 3. The Morgan fingerprint density at radius 3 is 2.80 bits per heavy atom. The van der Waals surface area contributed by atoms with Gasteiger partial charge in [0.15, 0.2) is 0 Å². The molecule has 2 heterocycles. The van der Waals surface area contributed by atoms with Crippen molar-refractivity contribution in [2.24, 2.45) is 0 Å². The molecular weight excluding hydrogens is 341 g/mol. The summed E-state index contributed by atoms with van der Waals surface area (Å²) in [6, 6.07) is 4.50. The molecule has 1 N–H and O–H groups in total. The lowest BCUT2D eigenvalue weighted by Crippen LogP contribution is -2.45. The van der Waals surface area contributed by atoms with E-state index in [1.54, 1.807) is 0 Å². The van der Waals surface area contributed by atoms with Crippen molar-refractivity contribution >= 4 is 17.5 Å². The second-order valence-electron chi connectivity index (χ2n) is 5.89. The Kier molecular flexibility index (Phi) is 4.85. The fourth-order valence-corrected chi connectivity index (χ4v) is 2.97. The number of amides is 2. The molecule has 0 spiro atoms. The molecule has 1 aromatic rings. The van der Waals surface area contributed by atoms with Crippen LogP contribution in [0.3, 0.4) is 0 Å². The van der Waals surface area contributed by atoms with Gasteiger partial charge in [-0.1, -0.05) is 6.07 Å². The summed E-state index contributed by atoms with van der Waals surface area (Å²) in [6.07, 6.45) is -3.54. The maximum absolute atomic E-state index is 12.5. The SMILES string of the molecule is O=C(N[C@H]1CCN(c2cccc(OC(F)(F)F)c2)C1=O)[C@H]1CCCO1. The molecule has 0 radical (unpaired) electrons. The van der Waals surface area contributed by atoms with Crippen molar-refractivity contribution in [2.75, 3.05) is 18.1 Å². The van der Waals surface area contributed by atoms with E-state index < -0.39 is 24.3 Å². The zero-order valence-electron chi connectivity index (χ0n) is 13.2. The number of nitrogens with one attached hydrogen (secondary N) is 1. The molecule has 2 aliphatic rings. The maximum atomic E-state index is 12.5. The molecule has 0 aromatic heterocycles. The molecule has 9 heteroatoms. The summed E-state index contributed by atoms with van der Waals surface area (Å²) in [5.74, 6) is -1.09. The van der Waals surface area contributed by atoms with Crippen molar-refractivity contribution in [3.63, 3.8) is 0 Å². The van der Waals surface area contributed by atoms with Crippen LogP contribution in [0.4, 0.5) is 18.9 Å². The summed E-state index contributed by atoms with van der Waals surface area (Å²) >= 11 is 0. The Labute approximate surface area is 141 Å². The topological polar surface area (TPSA) is 67.9 Å². The minimum Gasteiger partial charge on any atom is -0.406 e. The first-order valence-corrected chi connectivity index (χ1v) is 7.93. The molecule has 1 aromatic carbocycles. The van der Waals surface area contributed by atoms with E-state index in [-0.39, 0.29) is 11.8 Å². The number of alkyl halides is 3. The number of nitrogens with zero attached hydrogens (tertiary/aromatic N) is 1. The van der Waals surface area contributed by atoms with Crippen molar-refractivity contribution in [1.29, 1.82) is 0 Å². The summed E-state index contributed by atoms with van der Waals surface area (Å²) in [5.41, 5.74) is 0.292. The molecule has 136 valence electrons. The Morgan fingerprint density at radius 2 is 2.12 bits per heavy atom. The molecule has 25 heavy (non-hydrogen) atoms. The largest absolute Gasteiger partial charge is 0.573 e. The molecule has 2 amide bonds. The van der Waals surface area contributed by atoms with Gasteiger partial charge in [-0.25, -0.2) is 0 Å². The van der Waals surface area contributed by atoms with Gasteiger partial charge in [0.25, 0.3) is 0 Å². The van der Waals surface area contributed by atoms with Crippen LogP contribution in [0, 0.1) is 0 Å². The minimum atomic E-state index is -4.80. The molecule has 3 rings (SSSR count). The summed E-state index contributed by atoms with van der Waals surface area (Å²) in [5, 5.41) is 2.66. The van der Waals surface area contributed by atoms with Crippen LogP contribution in [0.2, 0.25) is 0 Å². The van der Waals surface area contributed by atoms with E-state index in [2.05, 4.69) is 10.1 Å². The normalized spacial score (nSPS) is 23.8. The van der Waals surface area contributed by atoms with Gasteiger partial charge in [0.2, 0.25) is 11.8 Å². The second kappa shape index (κ2) is 6.91. The molecule has 0 unspecified atom stereocenters. The standard InChI is InChI=1S/C16H17F3N2O4/c17-16(18,19)25-11-4-1-3-10(9-11)21-7-6-12(15(21)23)20-14(22)13-5-2-8-24-13/h1,3-4,9,12-13H,2,5-8H2,(H,20,22)/t12-,13+/m0/s1. The Morgan fingerprint density at radius 1 is 1.32 bits per heavy atom. The zero-order valence-corrected chi connectivity index (χ0v) is 13.2. The first-order chi connectivity index (χ1) is 11.8. The number of benzene rings is 1. The number of rotatable bonds is 4. The van der Waals surface area contributed by atoms with Gasteiger partial charge in [-0.3, -0.25) is 9.59 Å². The van der Waals surface area contributed by atoms with E-state index in [1.165, 1.54) is 17.0 Å². The molecule has 0 saturated carbocycles. The van der Waals surface area contributed by atoms with E-state index in [9.17, 15) is 22.8 Å². The van der Waals surface area contributed by atoms with Crippen molar-refractivity contribution in [1.82, 2.24) is 5.32 Å². The lowest BCUT2D eigenvalue weighted by Gasteiger charge is -2.19. The quantitative estimate of drug-likeness (QED) is 0.894. The zero-order chi connectivity index (χ0) is 18.0. The molecule has 2 fully saturated rings. The number of anilines is 1. The fraction of sp³-hybridized carbons (Fsp3) is 0.500. The van der Waals surface area contributed by atoms with Gasteiger partial charge >= 0.3 is 6.36 Å². The van der Waals surface area contributed by atoms with E-state index in [0.29, 0.717) is 31.7 Å². The molecule has 2 aliphatic heterocycles. The molecule has 2 atom stereocenters. The highest BCUT2D eigenvalue weighted by atomic mass is 19.4. The van der Waals surface area contributed by atoms with Gasteiger partial charge in [-0.15, -0.1) is 13.2 Å². The third-order valence-electron chi connectivity index (χ3n) is 4.11. The lowest BCUT2D eigenvalue weighted by molar-refractivity contribution is -0.274. The van der Waals surface area contributed by atoms with Gasteiger partial charge in [0, 0.05) is 24.9 Å². The minimum absolute atomic E-state index is 0.292. The second-order valence-corrected chi connectivity index (χ2v) is 5.89. The maximum Gasteiger partial charge on any atom is 0.573 e. The highest BCUT2D eigenvalue weighted by Crippen LogP contribution is 2.29. The van der Waals surface area contributed by atoms with Crippen LogP contribution in [-0.4, -0.2) is 43.5 Å². The summed E-state index contributed by atoms with van der Waals surface area (Å²) < 4.78 is 46.1. The molecule has 2 saturated heterocycles. The van der Waals surface area contributed by atoms with Crippen LogP contribution in [0.5, 0.6) is 5.75 Å².